The number of aromatic nitrogens is 1. The lowest BCUT2D eigenvalue weighted by Gasteiger charge is -2.21. The molecule has 1 amide bonds. The Hall–Kier alpha value is -2.32. The van der Waals surface area contributed by atoms with E-state index in [2.05, 4.69) is 4.98 Å². The maximum atomic E-state index is 13.4. The Balaban J connectivity index is 2.20. The van der Waals surface area contributed by atoms with E-state index in [1.165, 1.54) is 30.2 Å². The average molecular weight is 472 g/mol. The second kappa shape index (κ2) is 8.59. The number of hydrogen-bond donors (Lipinski definition) is 1. The van der Waals surface area contributed by atoms with Crippen LogP contribution in [0, 0.1) is 6.92 Å². The number of rotatable bonds is 5. The zero-order valence-electron chi connectivity index (χ0n) is 15.1. The minimum atomic E-state index is -1.18. The molecule has 0 spiro atoms. The van der Waals surface area contributed by atoms with E-state index in [0.29, 0.717) is 26.4 Å². The summed E-state index contributed by atoms with van der Waals surface area (Å²) in [4.78, 5) is 30.7. The number of anilines is 2. The number of aryl methyl sites for hydroxylation is 1. The van der Waals surface area contributed by atoms with Crippen LogP contribution in [0.3, 0.4) is 0 Å². The Morgan fingerprint density at radius 2 is 1.83 bits per heavy atom. The minimum absolute atomic E-state index is 0.133. The van der Waals surface area contributed by atoms with Gasteiger partial charge in [0.15, 0.2) is 10.8 Å². The molecule has 0 bridgehead atoms. The molecule has 3 rings (SSSR count). The van der Waals surface area contributed by atoms with Gasteiger partial charge in [-0.3, -0.25) is 9.69 Å². The van der Waals surface area contributed by atoms with Gasteiger partial charge in [-0.15, -0.1) is 11.3 Å². The van der Waals surface area contributed by atoms with Gasteiger partial charge >= 0.3 is 5.97 Å². The fourth-order valence-electron chi connectivity index (χ4n) is 2.56. The zero-order chi connectivity index (χ0) is 21.3. The van der Waals surface area contributed by atoms with Crippen LogP contribution in [0.1, 0.15) is 25.7 Å². The molecule has 0 unspecified atom stereocenters. The topological polar surface area (TPSA) is 79.7 Å². The van der Waals surface area contributed by atoms with Crippen LogP contribution in [0.5, 0.6) is 5.75 Å². The molecule has 6 nitrogen and oxygen atoms in total. The van der Waals surface area contributed by atoms with E-state index in [-0.39, 0.29) is 21.4 Å². The highest BCUT2D eigenvalue weighted by atomic mass is 35.5. The fourth-order valence-corrected chi connectivity index (χ4v) is 4.17. The number of nitrogens with zero attached hydrogens (tertiary/aromatic N) is 2. The van der Waals surface area contributed by atoms with E-state index in [1.54, 1.807) is 25.1 Å². The zero-order valence-corrected chi connectivity index (χ0v) is 18.2. The summed E-state index contributed by atoms with van der Waals surface area (Å²) in [5.74, 6) is -1.35. The molecule has 0 radical (unpaired) electrons. The summed E-state index contributed by atoms with van der Waals surface area (Å²) in [5.41, 5.74) is 0.425. The van der Waals surface area contributed by atoms with Crippen molar-refractivity contribution in [3.05, 3.63) is 67.6 Å². The smallest absolute Gasteiger partial charge is 0.355 e. The summed E-state index contributed by atoms with van der Waals surface area (Å²) in [6, 6.07) is 9.21. The van der Waals surface area contributed by atoms with Crippen molar-refractivity contribution in [1.82, 2.24) is 4.98 Å². The molecule has 150 valence electrons. The summed E-state index contributed by atoms with van der Waals surface area (Å²) < 4.78 is 5.24. The van der Waals surface area contributed by atoms with Crippen molar-refractivity contribution in [2.75, 3.05) is 12.0 Å². The molecule has 29 heavy (non-hydrogen) atoms. The lowest BCUT2D eigenvalue weighted by atomic mass is 10.2. The van der Waals surface area contributed by atoms with Crippen molar-refractivity contribution in [2.24, 2.45) is 0 Å². The number of methoxy groups -OCH3 is 1. The van der Waals surface area contributed by atoms with Gasteiger partial charge in [-0.2, -0.15) is 0 Å². The number of carboxylic acid groups (broad SMARTS) is 1. The van der Waals surface area contributed by atoms with Crippen molar-refractivity contribution in [2.45, 2.75) is 6.92 Å². The Morgan fingerprint density at radius 3 is 2.41 bits per heavy atom. The second-order valence-corrected chi connectivity index (χ2v) is 8.22. The van der Waals surface area contributed by atoms with Crippen LogP contribution in [0.4, 0.5) is 10.8 Å². The third-order valence-corrected chi connectivity index (χ3v) is 5.75. The predicted molar refractivity (Wildman–Crippen MR) is 115 cm³/mol. The number of ether oxygens (including phenoxy) is 1. The fraction of sp³-hybridized carbons (Fsp3) is 0.105. The SMILES string of the molecule is COc1cc(N(C(=O)c2ccc(Cl)cc2Cl)c2nc(C(=O)O)c(C)s2)ccc1Cl. The van der Waals surface area contributed by atoms with E-state index >= 15 is 0 Å². The molecular weight excluding hydrogens is 459 g/mol. The molecule has 10 heteroatoms. The first-order valence-electron chi connectivity index (χ1n) is 8.06. The van der Waals surface area contributed by atoms with E-state index < -0.39 is 11.9 Å². The number of benzene rings is 2. The molecule has 0 saturated carbocycles. The van der Waals surface area contributed by atoms with E-state index in [1.807, 2.05) is 0 Å². The van der Waals surface area contributed by atoms with Crippen molar-refractivity contribution in [3.63, 3.8) is 0 Å². The molecule has 0 atom stereocenters. The highest BCUT2D eigenvalue weighted by molar-refractivity contribution is 7.16. The standard InChI is InChI=1S/C19H13Cl3N2O4S/c1-9-16(18(26)27)23-19(29-9)24(11-4-6-13(21)15(8-11)28-2)17(25)12-5-3-10(20)7-14(12)22/h3-8H,1-2H3,(H,26,27). The second-order valence-electron chi connectivity index (χ2n) is 5.79. The Morgan fingerprint density at radius 1 is 1.10 bits per heavy atom. The molecule has 1 N–H and O–H groups in total. The van der Waals surface area contributed by atoms with E-state index in [4.69, 9.17) is 39.5 Å². The number of amides is 1. The van der Waals surface area contributed by atoms with Gasteiger partial charge in [-0.05, 0) is 37.3 Å². The van der Waals surface area contributed by atoms with Gasteiger partial charge < -0.3 is 9.84 Å². The van der Waals surface area contributed by atoms with E-state index in [0.717, 1.165) is 11.3 Å². The van der Waals surface area contributed by atoms with Gasteiger partial charge in [-0.25, -0.2) is 9.78 Å². The number of hydrogen-bond acceptors (Lipinski definition) is 5. The summed E-state index contributed by atoms with van der Waals surface area (Å²) in [5, 5.41) is 10.4. The highest BCUT2D eigenvalue weighted by Crippen LogP contribution is 2.37. The van der Waals surface area contributed by atoms with Gasteiger partial charge in [0, 0.05) is 16.0 Å². The van der Waals surface area contributed by atoms with Gasteiger partial charge in [0.05, 0.1) is 28.4 Å². The first-order chi connectivity index (χ1) is 13.7. The maximum absolute atomic E-state index is 13.4. The molecule has 0 fully saturated rings. The van der Waals surface area contributed by atoms with Crippen LogP contribution in [0.25, 0.3) is 0 Å². The van der Waals surface area contributed by atoms with Crippen molar-refractivity contribution < 1.29 is 19.4 Å². The average Bonchev–Trinajstić information content (AvgIpc) is 3.04. The van der Waals surface area contributed by atoms with Crippen LogP contribution >= 0.6 is 46.1 Å². The van der Waals surface area contributed by atoms with Gasteiger partial charge in [0.2, 0.25) is 0 Å². The molecule has 0 saturated heterocycles. The molecule has 0 aliphatic carbocycles. The molecule has 0 aliphatic heterocycles. The van der Waals surface area contributed by atoms with Crippen molar-refractivity contribution in [1.29, 1.82) is 0 Å². The number of carbonyl (C=O) groups excluding carboxylic acids is 1. The molecule has 1 aromatic heterocycles. The van der Waals surface area contributed by atoms with Crippen LogP contribution in [-0.4, -0.2) is 29.1 Å². The molecule has 3 aromatic rings. The van der Waals surface area contributed by atoms with Crippen LogP contribution in [0.15, 0.2) is 36.4 Å². The largest absolute Gasteiger partial charge is 0.495 e. The third kappa shape index (κ3) is 4.33. The Bertz CT molecular complexity index is 1120. The maximum Gasteiger partial charge on any atom is 0.355 e. The van der Waals surface area contributed by atoms with Crippen LogP contribution < -0.4 is 9.64 Å². The van der Waals surface area contributed by atoms with Crippen molar-refractivity contribution >= 4 is 68.8 Å². The summed E-state index contributed by atoms with van der Waals surface area (Å²) in [6.07, 6.45) is 0. The lowest BCUT2D eigenvalue weighted by molar-refractivity contribution is 0.0690. The van der Waals surface area contributed by atoms with Gasteiger partial charge in [0.25, 0.3) is 5.91 Å². The monoisotopic (exact) mass is 470 g/mol. The first kappa shape index (κ1) is 21.4. The Kier molecular flexibility index (Phi) is 6.33. The number of carboxylic acids is 1. The number of aromatic carboxylic acids is 1. The lowest BCUT2D eigenvalue weighted by Crippen LogP contribution is -2.26. The molecule has 2 aromatic carbocycles. The van der Waals surface area contributed by atoms with Crippen LogP contribution in [-0.2, 0) is 0 Å². The van der Waals surface area contributed by atoms with Crippen molar-refractivity contribution in [3.8, 4) is 5.75 Å². The summed E-state index contributed by atoms with van der Waals surface area (Å²) in [6.45, 7) is 1.62. The first-order valence-corrected chi connectivity index (χ1v) is 10.0. The summed E-state index contributed by atoms with van der Waals surface area (Å²) >= 11 is 19.3. The molecule has 0 aliphatic rings. The third-order valence-electron chi connectivity index (χ3n) is 3.94. The molecule has 1 heterocycles. The summed E-state index contributed by atoms with van der Waals surface area (Å²) in [7, 11) is 1.45. The van der Waals surface area contributed by atoms with Crippen LogP contribution in [0.2, 0.25) is 15.1 Å². The Labute approximate surface area is 185 Å². The number of thiazole rings is 1. The van der Waals surface area contributed by atoms with Gasteiger partial charge in [0.1, 0.15) is 5.75 Å². The number of halogens is 3. The minimum Gasteiger partial charge on any atom is -0.495 e. The number of carbonyl (C=O) groups is 2. The van der Waals surface area contributed by atoms with E-state index in [9.17, 15) is 14.7 Å². The predicted octanol–water partition coefficient (Wildman–Crippen LogP) is 6.10. The van der Waals surface area contributed by atoms with Gasteiger partial charge in [-0.1, -0.05) is 34.8 Å². The highest BCUT2D eigenvalue weighted by Gasteiger charge is 2.27. The quantitative estimate of drug-likeness (QED) is 0.486. The molecular formula is C19H13Cl3N2O4S. The normalized spacial score (nSPS) is 10.7.